The highest BCUT2D eigenvalue weighted by atomic mass is 16.5. The van der Waals surface area contributed by atoms with E-state index in [1.165, 1.54) is 22.3 Å². The van der Waals surface area contributed by atoms with Gasteiger partial charge in [-0.3, -0.25) is 0 Å². The maximum absolute atomic E-state index is 5.98. The van der Waals surface area contributed by atoms with Crippen LogP contribution in [0.4, 0.5) is 0 Å². The monoisotopic (exact) mass is 268 g/mol. The fourth-order valence-corrected chi connectivity index (χ4v) is 2.28. The SMILES string of the molecule is Cc1cccc(C)c1OCc1ccc(C(C)(C)C)cc1. The molecule has 0 N–H and O–H groups in total. The smallest absolute Gasteiger partial charge is 0.125 e. The van der Waals surface area contributed by atoms with Crippen LogP contribution in [-0.4, -0.2) is 0 Å². The lowest BCUT2D eigenvalue weighted by molar-refractivity contribution is 0.302. The Morgan fingerprint density at radius 3 is 1.90 bits per heavy atom. The lowest BCUT2D eigenvalue weighted by Gasteiger charge is -2.19. The molecular formula is C19H24O. The molecule has 0 aliphatic carbocycles. The minimum absolute atomic E-state index is 0.200. The zero-order chi connectivity index (χ0) is 14.8. The summed E-state index contributed by atoms with van der Waals surface area (Å²) in [5.74, 6) is 1.01. The normalized spacial score (nSPS) is 11.4. The average molecular weight is 268 g/mol. The van der Waals surface area contributed by atoms with E-state index in [-0.39, 0.29) is 5.41 Å². The van der Waals surface area contributed by atoms with E-state index in [1.54, 1.807) is 0 Å². The molecule has 0 spiro atoms. The van der Waals surface area contributed by atoms with Gasteiger partial charge in [-0.25, -0.2) is 0 Å². The van der Waals surface area contributed by atoms with Gasteiger partial charge in [0.15, 0.2) is 0 Å². The van der Waals surface area contributed by atoms with E-state index >= 15 is 0 Å². The van der Waals surface area contributed by atoms with Crippen LogP contribution in [0.3, 0.4) is 0 Å². The van der Waals surface area contributed by atoms with Crippen LogP contribution in [0.5, 0.6) is 5.75 Å². The predicted molar refractivity (Wildman–Crippen MR) is 85.4 cm³/mol. The minimum Gasteiger partial charge on any atom is -0.488 e. The first-order valence-corrected chi connectivity index (χ1v) is 7.16. The second-order valence-corrected chi connectivity index (χ2v) is 6.46. The van der Waals surface area contributed by atoms with E-state index in [0.717, 1.165) is 5.75 Å². The Morgan fingerprint density at radius 1 is 0.850 bits per heavy atom. The van der Waals surface area contributed by atoms with Gasteiger partial charge in [-0.2, -0.15) is 0 Å². The third kappa shape index (κ3) is 3.41. The molecule has 20 heavy (non-hydrogen) atoms. The van der Waals surface area contributed by atoms with Crippen LogP contribution in [0, 0.1) is 13.8 Å². The van der Waals surface area contributed by atoms with Crippen molar-refractivity contribution >= 4 is 0 Å². The zero-order valence-corrected chi connectivity index (χ0v) is 13.2. The van der Waals surface area contributed by atoms with Crippen molar-refractivity contribution in [2.24, 2.45) is 0 Å². The van der Waals surface area contributed by atoms with E-state index in [1.807, 2.05) is 0 Å². The summed E-state index contributed by atoms with van der Waals surface area (Å²) < 4.78 is 5.98. The molecule has 0 aliphatic heterocycles. The van der Waals surface area contributed by atoms with E-state index in [4.69, 9.17) is 4.74 Å². The lowest BCUT2D eigenvalue weighted by atomic mass is 9.87. The van der Waals surface area contributed by atoms with E-state index in [0.29, 0.717) is 6.61 Å². The topological polar surface area (TPSA) is 9.23 Å². The van der Waals surface area contributed by atoms with E-state index < -0.39 is 0 Å². The van der Waals surface area contributed by atoms with E-state index in [2.05, 4.69) is 77.1 Å². The summed E-state index contributed by atoms with van der Waals surface area (Å²) in [5, 5.41) is 0. The van der Waals surface area contributed by atoms with Gasteiger partial charge in [0.1, 0.15) is 12.4 Å². The molecule has 0 aromatic heterocycles. The summed E-state index contributed by atoms with van der Waals surface area (Å²) in [6.07, 6.45) is 0. The van der Waals surface area contributed by atoms with Gasteiger partial charge in [-0.15, -0.1) is 0 Å². The number of benzene rings is 2. The van der Waals surface area contributed by atoms with Crippen molar-refractivity contribution in [2.75, 3.05) is 0 Å². The highest BCUT2D eigenvalue weighted by molar-refractivity contribution is 5.40. The molecule has 0 amide bonds. The maximum Gasteiger partial charge on any atom is 0.125 e. The number of hydrogen-bond acceptors (Lipinski definition) is 1. The Kier molecular flexibility index (Phi) is 4.17. The van der Waals surface area contributed by atoms with Gasteiger partial charge in [0.25, 0.3) is 0 Å². The minimum atomic E-state index is 0.200. The first kappa shape index (κ1) is 14.6. The number of aryl methyl sites for hydroxylation is 2. The number of rotatable bonds is 3. The Morgan fingerprint density at radius 2 is 1.40 bits per heavy atom. The van der Waals surface area contributed by atoms with Gasteiger partial charge in [-0.1, -0.05) is 63.2 Å². The predicted octanol–water partition coefficient (Wildman–Crippen LogP) is 5.18. The third-order valence-electron chi connectivity index (χ3n) is 3.61. The van der Waals surface area contributed by atoms with Crippen molar-refractivity contribution in [1.29, 1.82) is 0 Å². The molecule has 1 nitrogen and oxygen atoms in total. The summed E-state index contributed by atoms with van der Waals surface area (Å²) >= 11 is 0. The standard InChI is InChI=1S/C19H24O/c1-14-7-6-8-15(2)18(14)20-13-16-9-11-17(12-10-16)19(3,4)5/h6-12H,13H2,1-5H3. The highest BCUT2D eigenvalue weighted by Gasteiger charge is 2.13. The summed E-state index contributed by atoms with van der Waals surface area (Å²) in [6.45, 7) is 11.5. The molecule has 0 saturated carbocycles. The molecule has 0 radical (unpaired) electrons. The molecule has 0 heterocycles. The van der Waals surface area contributed by atoms with Crippen molar-refractivity contribution in [2.45, 2.75) is 46.6 Å². The lowest BCUT2D eigenvalue weighted by Crippen LogP contribution is -2.10. The fourth-order valence-electron chi connectivity index (χ4n) is 2.28. The van der Waals surface area contributed by atoms with Crippen LogP contribution >= 0.6 is 0 Å². The Balaban J connectivity index is 2.08. The second kappa shape index (κ2) is 5.70. The van der Waals surface area contributed by atoms with Gasteiger partial charge in [0, 0.05) is 0 Å². The van der Waals surface area contributed by atoms with Crippen molar-refractivity contribution < 1.29 is 4.74 Å². The van der Waals surface area contributed by atoms with Gasteiger partial charge in [0.05, 0.1) is 0 Å². The van der Waals surface area contributed by atoms with Crippen LogP contribution in [0.1, 0.15) is 43.0 Å². The molecule has 0 fully saturated rings. The van der Waals surface area contributed by atoms with Gasteiger partial charge >= 0.3 is 0 Å². The van der Waals surface area contributed by atoms with Crippen molar-refractivity contribution in [3.8, 4) is 5.75 Å². The van der Waals surface area contributed by atoms with Crippen LogP contribution in [0.15, 0.2) is 42.5 Å². The Hall–Kier alpha value is -1.76. The molecular weight excluding hydrogens is 244 g/mol. The molecule has 106 valence electrons. The van der Waals surface area contributed by atoms with Crippen LogP contribution in [-0.2, 0) is 12.0 Å². The van der Waals surface area contributed by atoms with Crippen LogP contribution < -0.4 is 4.74 Å². The van der Waals surface area contributed by atoms with Crippen LogP contribution in [0.25, 0.3) is 0 Å². The molecule has 1 heteroatoms. The second-order valence-electron chi connectivity index (χ2n) is 6.46. The quantitative estimate of drug-likeness (QED) is 0.745. The highest BCUT2D eigenvalue weighted by Crippen LogP contribution is 2.25. The number of para-hydroxylation sites is 1. The summed E-state index contributed by atoms with van der Waals surface area (Å²) in [6, 6.07) is 15.0. The molecule has 0 bridgehead atoms. The molecule has 0 aliphatic rings. The number of ether oxygens (including phenoxy) is 1. The summed E-state index contributed by atoms with van der Waals surface area (Å²) in [7, 11) is 0. The molecule has 2 aromatic rings. The first-order chi connectivity index (χ1) is 9.38. The zero-order valence-electron chi connectivity index (χ0n) is 13.2. The maximum atomic E-state index is 5.98. The molecule has 0 atom stereocenters. The molecule has 0 unspecified atom stereocenters. The van der Waals surface area contributed by atoms with Gasteiger partial charge in [0.2, 0.25) is 0 Å². The summed E-state index contributed by atoms with van der Waals surface area (Å²) in [5.41, 5.74) is 5.15. The van der Waals surface area contributed by atoms with Crippen molar-refractivity contribution in [1.82, 2.24) is 0 Å². The molecule has 0 saturated heterocycles. The Labute approximate surface area is 122 Å². The Bertz CT molecular complexity index is 553. The molecule has 2 rings (SSSR count). The summed E-state index contributed by atoms with van der Waals surface area (Å²) in [4.78, 5) is 0. The van der Waals surface area contributed by atoms with Gasteiger partial charge < -0.3 is 4.74 Å². The average Bonchev–Trinajstić information content (AvgIpc) is 2.37. The first-order valence-electron chi connectivity index (χ1n) is 7.16. The third-order valence-corrected chi connectivity index (χ3v) is 3.61. The van der Waals surface area contributed by atoms with Crippen LogP contribution in [0.2, 0.25) is 0 Å². The number of hydrogen-bond donors (Lipinski definition) is 0. The fraction of sp³-hybridized carbons (Fsp3) is 0.368. The van der Waals surface area contributed by atoms with Crippen molar-refractivity contribution in [3.05, 3.63) is 64.7 Å². The van der Waals surface area contributed by atoms with Gasteiger partial charge in [-0.05, 0) is 41.5 Å². The van der Waals surface area contributed by atoms with E-state index in [9.17, 15) is 0 Å². The molecule has 2 aromatic carbocycles. The van der Waals surface area contributed by atoms with Crippen molar-refractivity contribution in [3.63, 3.8) is 0 Å². The largest absolute Gasteiger partial charge is 0.488 e.